The van der Waals surface area contributed by atoms with E-state index in [-0.39, 0.29) is 17.8 Å². The SMILES string of the molecule is CCC(OC)O[SiH](c1ccccc1O)c1ccccc1O. The molecular formula is C16H20O4Si. The Bertz CT molecular complexity index is 538. The lowest BCUT2D eigenvalue weighted by Crippen LogP contribution is -2.47. The number of hydrogen-bond acceptors (Lipinski definition) is 4. The monoisotopic (exact) mass is 304 g/mol. The molecule has 0 amide bonds. The minimum Gasteiger partial charge on any atom is -0.508 e. The second-order valence-corrected chi connectivity index (χ2v) is 6.98. The normalized spacial score (nSPS) is 12.5. The van der Waals surface area contributed by atoms with E-state index in [4.69, 9.17) is 9.16 Å². The highest BCUT2D eigenvalue weighted by Gasteiger charge is 2.26. The topological polar surface area (TPSA) is 58.9 Å². The van der Waals surface area contributed by atoms with Crippen LogP contribution in [0.15, 0.2) is 48.5 Å². The average Bonchev–Trinajstić information content (AvgIpc) is 2.51. The van der Waals surface area contributed by atoms with Crippen LogP contribution in [0.1, 0.15) is 13.3 Å². The molecule has 0 aliphatic rings. The highest BCUT2D eigenvalue weighted by atomic mass is 28.3. The maximum Gasteiger partial charge on any atom is 0.250 e. The first-order chi connectivity index (χ1) is 10.2. The molecule has 0 heterocycles. The molecule has 112 valence electrons. The van der Waals surface area contributed by atoms with Crippen molar-refractivity contribution in [1.82, 2.24) is 0 Å². The summed E-state index contributed by atoms with van der Waals surface area (Å²) in [4.78, 5) is 0. The molecule has 21 heavy (non-hydrogen) atoms. The predicted octanol–water partition coefficient (Wildman–Crippen LogP) is 1.33. The molecule has 0 saturated heterocycles. The van der Waals surface area contributed by atoms with E-state index in [1.165, 1.54) is 0 Å². The Morgan fingerprint density at radius 3 is 1.81 bits per heavy atom. The van der Waals surface area contributed by atoms with Gasteiger partial charge in [-0.25, -0.2) is 0 Å². The smallest absolute Gasteiger partial charge is 0.250 e. The van der Waals surface area contributed by atoms with Crippen LogP contribution >= 0.6 is 0 Å². The molecule has 0 bridgehead atoms. The zero-order chi connectivity index (χ0) is 15.2. The summed E-state index contributed by atoms with van der Waals surface area (Å²) in [5.74, 6) is 0.367. The Hall–Kier alpha value is -1.82. The van der Waals surface area contributed by atoms with Crippen LogP contribution in [0.5, 0.6) is 11.5 Å². The number of benzene rings is 2. The predicted molar refractivity (Wildman–Crippen MR) is 84.8 cm³/mol. The molecule has 0 saturated carbocycles. The summed E-state index contributed by atoms with van der Waals surface area (Å²) in [6.45, 7) is 1.97. The van der Waals surface area contributed by atoms with Gasteiger partial charge in [0.2, 0.25) is 0 Å². The highest BCUT2D eigenvalue weighted by molar-refractivity contribution is 6.81. The standard InChI is InChI=1S/C16H20O4Si/c1-3-16(19-2)20-21(14-10-6-4-8-12(14)17)15-11-7-5-9-13(15)18/h4-11,16-18,21H,3H2,1-2H3. The lowest BCUT2D eigenvalue weighted by molar-refractivity contribution is -0.0549. The van der Waals surface area contributed by atoms with Crippen molar-refractivity contribution >= 4 is 19.4 Å². The van der Waals surface area contributed by atoms with Crippen molar-refractivity contribution in [3.8, 4) is 11.5 Å². The van der Waals surface area contributed by atoms with Gasteiger partial charge in [0.25, 0.3) is 9.04 Å². The molecule has 0 aromatic heterocycles. The maximum absolute atomic E-state index is 10.1. The van der Waals surface area contributed by atoms with Crippen molar-refractivity contribution < 1.29 is 19.4 Å². The number of phenolic OH excluding ortho intramolecular Hbond substituents is 2. The molecular weight excluding hydrogens is 284 g/mol. The summed E-state index contributed by atoms with van der Waals surface area (Å²) in [6.07, 6.45) is 0.335. The van der Waals surface area contributed by atoms with Crippen molar-refractivity contribution in [3.63, 3.8) is 0 Å². The van der Waals surface area contributed by atoms with E-state index < -0.39 is 9.04 Å². The van der Waals surface area contributed by atoms with Crippen molar-refractivity contribution in [1.29, 1.82) is 0 Å². The van der Waals surface area contributed by atoms with Crippen LogP contribution < -0.4 is 10.4 Å². The average molecular weight is 304 g/mol. The molecule has 0 fully saturated rings. The van der Waals surface area contributed by atoms with E-state index in [9.17, 15) is 10.2 Å². The van der Waals surface area contributed by atoms with Crippen LogP contribution in [0.3, 0.4) is 0 Å². The second kappa shape index (κ2) is 7.26. The first-order valence-corrected chi connectivity index (χ1v) is 8.54. The van der Waals surface area contributed by atoms with E-state index in [1.54, 1.807) is 31.4 Å². The van der Waals surface area contributed by atoms with Crippen LogP contribution in [-0.4, -0.2) is 32.7 Å². The van der Waals surface area contributed by atoms with Gasteiger partial charge in [0.15, 0.2) is 0 Å². The molecule has 0 aliphatic carbocycles. The lowest BCUT2D eigenvalue weighted by Gasteiger charge is -2.24. The summed E-state index contributed by atoms with van der Waals surface area (Å²) in [5, 5.41) is 21.7. The van der Waals surface area contributed by atoms with Crippen LogP contribution in [0, 0.1) is 0 Å². The second-order valence-electron chi connectivity index (χ2n) is 4.71. The number of aromatic hydroxyl groups is 2. The third-order valence-electron chi connectivity index (χ3n) is 3.32. The fraction of sp³-hybridized carbons (Fsp3) is 0.250. The molecule has 4 nitrogen and oxygen atoms in total. The molecule has 0 aliphatic heterocycles. The van der Waals surface area contributed by atoms with Gasteiger partial charge >= 0.3 is 0 Å². The minimum atomic E-state index is -2.25. The van der Waals surface area contributed by atoms with Crippen molar-refractivity contribution in [3.05, 3.63) is 48.5 Å². The molecule has 2 aromatic carbocycles. The summed E-state index contributed by atoms with van der Waals surface area (Å²) in [5.41, 5.74) is 0. The largest absolute Gasteiger partial charge is 0.508 e. The van der Waals surface area contributed by atoms with Crippen molar-refractivity contribution in [2.75, 3.05) is 7.11 Å². The Kier molecular flexibility index (Phi) is 5.38. The van der Waals surface area contributed by atoms with E-state index in [0.717, 1.165) is 10.4 Å². The van der Waals surface area contributed by atoms with Gasteiger partial charge in [-0.2, -0.15) is 0 Å². The molecule has 0 radical (unpaired) electrons. The van der Waals surface area contributed by atoms with Crippen LogP contribution in [0.4, 0.5) is 0 Å². The third kappa shape index (κ3) is 3.63. The van der Waals surface area contributed by atoms with Crippen LogP contribution in [0.2, 0.25) is 0 Å². The summed E-state index contributed by atoms with van der Waals surface area (Å²) >= 11 is 0. The molecule has 5 heteroatoms. The first-order valence-electron chi connectivity index (χ1n) is 6.91. The Labute approximate surface area is 126 Å². The van der Waals surface area contributed by atoms with Gasteiger partial charge in [0.1, 0.15) is 17.8 Å². The zero-order valence-electron chi connectivity index (χ0n) is 12.2. The Balaban J connectivity index is 2.45. The van der Waals surface area contributed by atoms with Gasteiger partial charge in [0.05, 0.1) is 0 Å². The first kappa shape index (κ1) is 15.6. The fourth-order valence-electron chi connectivity index (χ4n) is 2.20. The quantitative estimate of drug-likeness (QED) is 0.624. The van der Waals surface area contributed by atoms with Gasteiger partial charge in [-0.15, -0.1) is 0 Å². The van der Waals surface area contributed by atoms with Gasteiger partial charge in [-0.1, -0.05) is 43.3 Å². The third-order valence-corrected chi connectivity index (χ3v) is 6.00. The van der Waals surface area contributed by atoms with Crippen LogP contribution in [-0.2, 0) is 9.16 Å². The van der Waals surface area contributed by atoms with E-state index in [0.29, 0.717) is 6.42 Å². The Morgan fingerprint density at radius 2 is 1.43 bits per heavy atom. The number of methoxy groups -OCH3 is 1. The van der Waals surface area contributed by atoms with Gasteiger partial charge in [-0.05, 0) is 18.6 Å². The molecule has 1 atom stereocenters. The number of para-hydroxylation sites is 2. The van der Waals surface area contributed by atoms with Crippen LogP contribution in [0.25, 0.3) is 0 Å². The van der Waals surface area contributed by atoms with Gasteiger partial charge in [0, 0.05) is 17.5 Å². The number of ether oxygens (including phenoxy) is 1. The Morgan fingerprint density at radius 1 is 0.952 bits per heavy atom. The van der Waals surface area contributed by atoms with Crippen molar-refractivity contribution in [2.24, 2.45) is 0 Å². The van der Waals surface area contributed by atoms with Gasteiger partial charge < -0.3 is 19.4 Å². The molecule has 1 unspecified atom stereocenters. The van der Waals surface area contributed by atoms with E-state index in [2.05, 4.69) is 0 Å². The number of phenols is 2. The molecule has 2 aromatic rings. The number of hydrogen-bond donors (Lipinski definition) is 2. The lowest BCUT2D eigenvalue weighted by atomic mass is 10.3. The van der Waals surface area contributed by atoms with E-state index in [1.807, 2.05) is 31.2 Å². The molecule has 2 N–H and O–H groups in total. The zero-order valence-corrected chi connectivity index (χ0v) is 13.3. The van der Waals surface area contributed by atoms with E-state index >= 15 is 0 Å². The summed E-state index contributed by atoms with van der Waals surface area (Å²) in [6, 6.07) is 14.2. The highest BCUT2D eigenvalue weighted by Crippen LogP contribution is 2.13. The fourth-order valence-corrected chi connectivity index (χ4v) is 4.74. The minimum absolute atomic E-state index is 0.184. The summed E-state index contributed by atoms with van der Waals surface area (Å²) < 4.78 is 11.4. The maximum atomic E-state index is 10.1. The van der Waals surface area contributed by atoms with Crippen molar-refractivity contribution in [2.45, 2.75) is 19.6 Å². The molecule has 2 rings (SSSR count). The molecule has 0 spiro atoms. The number of rotatable bonds is 6. The van der Waals surface area contributed by atoms with Gasteiger partial charge in [-0.3, -0.25) is 0 Å². The summed E-state index contributed by atoms with van der Waals surface area (Å²) in [7, 11) is -0.655.